The molecule has 2 heteroatoms. The fraction of sp³-hybridized carbons (Fsp3) is 0. The van der Waals surface area contributed by atoms with Gasteiger partial charge in [-0.2, -0.15) is 0 Å². The average molecular weight is 573 g/mol. The summed E-state index contributed by atoms with van der Waals surface area (Å²) in [4.78, 5) is 5.09. The zero-order chi connectivity index (χ0) is 29.7. The minimum Gasteiger partial charge on any atom is -0.292 e. The molecule has 0 N–H and O–H groups in total. The third-order valence-corrected chi connectivity index (χ3v) is 8.98. The van der Waals surface area contributed by atoms with Gasteiger partial charge in [-0.1, -0.05) is 146 Å². The maximum absolute atomic E-state index is 5.09. The molecule has 0 amide bonds. The highest BCUT2D eigenvalue weighted by Crippen LogP contribution is 2.45. The Hall–Kier alpha value is -5.99. The van der Waals surface area contributed by atoms with E-state index in [1.54, 1.807) is 0 Å². The number of aromatic nitrogens is 2. The Morgan fingerprint density at radius 2 is 0.956 bits per heavy atom. The Kier molecular flexibility index (Phi) is 5.85. The number of benzene rings is 8. The van der Waals surface area contributed by atoms with Gasteiger partial charge in [0.25, 0.3) is 0 Å². The summed E-state index contributed by atoms with van der Waals surface area (Å²) in [6.45, 7) is 0. The first-order chi connectivity index (χ1) is 22.3. The molecule has 2 nitrogen and oxygen atoms in total. The van der Waals surface area contributed by atoms with Crippen molar-refractivity contribution in [3.8, 4) is 39.3 Å². The Labute approximate surface area is 261 Å². The van der Waals surface area contributed by atoms with Crippen LogP contribution in [0.3, 0.4) is 0 Å². The monoisotopic (exact) mass is 572 g/mol. The first-order valence-electron chi connectivity index (χ1n) is 15.4. The Morgan fingerprint density at radius 1 is 0.400 bits per heavy atom. The predicted octanol–water partition coefficient (Wildman–Crippen LogP) is 11.5. The summed E-state index contributed by atoms with van der Waals surface area (Å²) >= 11 is 0. The molecule has 210 valence electrons. The van der Waals surface area contributed by atoms with Crippen molar-refractivity contribution >= 4 is 43.4 Å². The van der Waals surface area contributed by atoms with Crippen LogP contribution in [0, 0.1) is 0 Å². The summed E-state index contributed by atoms with van der Waals surface area (Å²) in [6, 6.07) is 60.9. The lowest BCUT2D eigenvalue weighted by molar-refractivity contribution is 1.10. The third kappa shape index (κ3) is 4.07. The summed E-state index contributed by atoms with van der Waals surface area (Å²) in [5, 5.41) is 7.52. The molecular formula is C43H28N2. The van der Waals surface area contributed by atoms with Crippen LogP contribution in [0.5, 0.6) is 0 Å². The van der Waals surface area contributed by atoms with Gasteiger partial charge in [-0.3, -0.25) is 4.57 Å². The molecule has 8 aromatic carbocycles. The number of rotatable bonds is 4. The molecule has 0 aliphatic rings. The van der Waals surface area contributed by atoms with Gasteiger partial charge in [0.1, 0.15) is 5.82 Å². The van der Waals surface area contributed by atoms with Crippen molar-refractivity contribution in [2.45, 2.75) is 0 Å². The lowest BCUT2D eigenvalue weighted by Crippen LogP contribution is -1.98. The number of para-hydroxylation sites is 2. The smallest absolute Gasteiger partial charge is 0.145 e. The molecule has 0 spiro atoms. The van der Waals surface area contributed by atoms with Crippen molar-refractivity contribution in [2.75, 3.05) is 0 Å². The standard InChI is InChI=1S/C43H28N2/c1-2-15-30(16-3-1)43-44-39-26-10-11-27-40(39)45(43)32-19-12-18-31(28-32)41-35-21-6-8-23-37(35)42(38-24-9-7-22-36(38)41)34-25-13-17-29-14-4-5-20-33(29)34/h1-28H. The molecule has 0 saturated carbocycles. The van der Waals surface area contributed by atoms with Gasteiger partial charge in [0.05, 0.1) is 11.0 Å². The van der Waals surface area contributed by atoms with Crippen LogP contribution in [0.4, 0.5) is 0 Å². The quantitative estimate of drug-likeness (QED) is 0.192. The van der Waals surface area contributed by atoms with Crippen LogP contribution in [0.1, 0.15) is 0 Å². The molecule has 0 bridgehead atoms. The van der Waals surface area contributed by atoms with Crippen molar-refractivity contribution in [2.24, 2.45) is 0 Å². The molecule has 1 heterocycles. The summed E-state index contributed by atoms with van der Waals surface area (Å²) in [5.74, 6) is 0.940. The summed E-state index contributed by atoms with van der Waals surface area (Å²) in [6.07, 6.45) is 0. The van der Waals surface area contributed by atoms with Gasteiger partial charge in [0.15, 0.2) is 0 Å². The van der Waals surface area contributed by atoms with Crippen molar-refractivity contribution in [1.82, 2.24) is 9.55 Å². The summed E-state index contributed by atoms with van der Waals surface area (Å²) in [5.41, 5.74) is 9.23. The van der Waals surface area contributed by atoms with Crippen molar-refractivity contribution < 1.29 is 0 Å². The van der Waals surface area contributed by atoms with Crippen LogP contribution in [-0.4, -0.2) is 9.55 Å². The number of fused-ring (bicyclic) bond motifs is 4. The first kappa shape index (κ1) is 25.5. The minimum absolute atomic E-state index is 0.940. The maximum Gasteiger partial charge on any atom is 0.145 e. The van der Waals surface area contributed by atoms with Gasteiger partial charge in [-0.15, -0.1) is 0 Å². The van der Waals surface area contributed by atoms with E-state index in [4.69, 9.17) is 4.98 Å². The number of imidazole rings is 1. The van der Waals surface area contributed by atoms with E-state index in [1.807, 2.05) is 0 Å². The normalized spacial score (nSPS) is 11.6. The predicted molar refractivity (Wildman–Crippen MR) is 190 cm³/mol. The summed E-state index contributed by atoms with van der Waals surface area (Å²) < 4.78 is 2.29. The lowest BCUT2D eigenvalue weighted by Gasteiger charge is -2.19. The first-order valence-corrected chi connectivity index (χ1v) is 15.4. The van der Waals surface area contributed by atoms with E-state index in [9.17, 15) is 0 Å². The van der Waals surface area contributed by atoms with Crippen LogP contribution in [0.2, 0.25) is 0 Å². The number of hydrogen-bond acceptors (Lipinski definition) is 1. The Morgan fingerprint density at radius 3 is 1.71 bits per heavy atom. The molecular weight excluding hydrogens is 544 g/mol. The van der Waals surface area contributed by atoms with Gasteiger partial charge in [0, 0.05) is 11.3 Å². The molecule has 0 aliphatic heterocycles. The van der Waals surface area contributed by atoms with Crippen LogP contribution >= 0.6 is 0 Å². The van der Waals surface area contributed by atoms with E-state index in [0.717, 1.165) is 28.1 Å². The highest BCUT2D eigenvalue weighted by atomic mass is 15.1. The lowest BCUT2D eigenvalue weighted by atomic mass is 9.84. The zero-order valence-corrected chi connectivity index (χ0v) is 24.6. The van der Waals surface area contributed by atoms with Gasteiger partial charge in [0.2, 0.25) is 0 Å². The van der Waals surface area contributed by atoms with Gasteiger partial charge in [-0.05, 0) is 78.8 Å². The van der Waals surface area contributed by atoms with E-state index in [-0.39, 0.29) is 0 Å². The van der Waals surface area contributed by atoms with E-state index < -0.39 is 0 Å². The van der Waals surface area contributed by atoms with Crippen molar-refractivity contribution in [1.29, 1.82) is 0 Å². The van der Waals surface area contributed by atoms with Crippen LogP contribution in [-0.2, 0) is 0 Å². The second-order valence-electron chi connectivity index (χ2n) is 11.5. The maximum atomic E-state index is 5.09. The molecule has 0 aliphatic carbocycles. The largest absolute Gasteiger partial charge is 0.292 e. The zero-order valence-electron chi connectivity index (χ0n) is 24.6. The molecule has 9 rings (SSSR count). The van der Waals surface area contributed by atoms with Crippen LogP contribution < -0.4 is 0 Å². The molecule has 45 heavy (non-hydrogen) atoms. The third-order valence-electron chi connectivity index (χ3n) is 8.98. The highest BCUT2D eigenvalue weighted by Gasteiger charge is 2.19. The molecule has 0 atom stereocenters. The molecule has 0 unspecified atom stereocenters. The second-order valence-corrected chi connectivity index (χ2v) is 11.5. The second kappa shape index (κ2) is 10.3. The highest BCUT2D eigenvalue weighted by molar-refractivity contribution is 6.23. The molecule has 9 aromatic rings. The van der Waals surface area contributed by atoms with Gasteiger partial charge in [-0.25, -0.2) is 4.98 Å². The fourth-order valence-electron chi connectivity index (χ4n) is 7.04. The molecule has 1 aromatic heterocycles. The van der Waals surface area contributed by atoms with Crippen LogP contribution in [0.15, 0.2) is 170 Å². The van der Waals surface area contributed by atoms with Gasteiger partial charge >= 0.3 is 0 Å². The van der Waals surface area contributed by atoms with E-state index in [1.165, 1.54) is 54.6 Å². The number of nitrogens with zero attached hydrogens (tertiary/aromatic N) is 2. The minimum atomic E-state index is 0.940. The van der Waals surface area contributed by atoms with E-state index in [0.29, 0.717) is 0 Å². The van der Waals surface area contributed by atoms with E-state index in [2.05, 4.69) is 174 Å². The summed E-state index contributed by atoms with van der Waals surface area (Å²) in [7, 11) is 0. The van der Waals surface area contributed by atoms with Crippen molar-refractivity contribution in [3.05, 3.63) is 170 Å². The fourth-order valence-corrected chi connectivity index (χ4v) is 7.04. The van der Waals surface area contributed by atoms with E-state index >= 15 is 0 Å². The van der Waals surface area contributed by atoms with Gasteiger partial charge < -0.3 is 0 Å². The molecule has 0 saturated heterocycles. The topological polar surface area (TPSA) is 17.8 Å². The Bertz CT molecular complexity index is 2480. The van der Waals surface area contributed by atoms with Crippen molar-refractivity contribution in [3.63, 3.8) is 0 Å². The molecule has 0 radical (unpaired) electrons. The average Bonchev–Trinajstić information content (AvgIpc) is 3.51. The number of hydrogen-bond donors (Lipinski definition) is 0. The molecule has 0 fully saturated rings. The Balaban J connectivity index is 1.34. The SMILES string of the molecule is c1ccc(-c2nc3ccccc3n2-c2cccc(-c3c4ccccc4c(-c4cccc5ccccc45)c4ccccc34)c2)cc1. The van der Waals surface area contributed by atoms with Crippen LogP contribution in [0.25, 0.3) is 82.7 Å².